The monoisotopic (exact) mass is 324 g/mol. The van der Waals surface area contributed by atoms with E-state index in [0.717, 1.165) is 17.5 Å². The van der Waals surface area contributed by atoms with Crippen molar-refractivity contribution < 1.29 is 4.79 Å². The van der Waals surface area contributed by atoms with Crippen LogP contribution in [0.25, 0.3) is 11.0 Å². The van der Waals surface area contributed by atoms with Crippen molar-refractivity contribution in [2.75, 3.05) is 6.54 Å². The average molecular weight is 324 g/mol. The fraction of sp³-hybridized carbons (Fsp3) is 0.368. The summed E-state index contributed by atoms with van der Waals surface area (Å²) in [4.78, 5) is 17.0. The first-order valence-corrected chi connectivity index (χ1v) is 8.45. The van der Waals surface area contributed by atoms with Gasteiger partial charge in [-0.25, -0.2) is 4.98 Å². The molecule has 0 saturated heterocycles. The van der Waals surface area contributed by atoms with Crippen LogP contribution in [-0.4, -0.2) is 26.6 Å². The number of carbonyl (C=O) groups excluding carboxylic acids is 1. The maximum atomic E-state index is 12.6. The number of imidazole rings is 1. The third-order valence-electron chi connectivity index (χ3n) is 4.16. The lowest BCUT2D eigenvalue weighted by Gasteiger charge is -2.20. The summed E-state index contributed by atoms with van der Waals surface area (Å²) in [5.74, 6) is 0.532. The molecule has 1 amide bonds. The van der Waals surface area contributed by atoms with Crippen LogP contribution < -0.4 is 5.32 Å². The number of hydrogen-bond acceptors (Lipinski definition) is 2. The van der Waals surface area contributed by atoms with Gasteiger partial charge in [-0.2, -0.15) is 0 Å². The molecule has 5 nitrogen and oxygen atoms in total. The molecule has 0 saturated carbocycles. The van der Waals surface area contributed by atoms with Gasteiger partial charge in [-0.1, -0.05) is 26.0 Å². The third-order valence-corrected chi connectivity index (χ3v) is 4.16. The summed E-state index contributed by atoms with van der Waals surface area (Å²) in [6, 6.07) is 11.8. The first-order chi connectivity index (χ1) is 11.6. The number of para-hydroxylation sites is 2. The fourth-order valence-electron chi connectivity index (χ4n) is 2.97. The molecule has 1 atom stereocenters. The Morgan fingerprint density at radius 2 is 1.92 bits per heavy atom. The minimum Gasteiger partial charge on any atom is -0.353 e. The van der Waals surface area contributed by atoms with Crippen LogP contribution in [0.1, 0.15) is 26.3 Å². The topological polar surface area (TPSA) is 51.9 Å². The molecule has 2 heterocycles. The molecule has 1 aromatic carbocycles. The zero-order valence-corrected chi connectivity index (χ0v) is 14.2. The first kappa shape index (κ1) is 16.3. The van der Waals surface area contributed by atoms with Crippen LogP contribution in [-0.2, 0) is 11.3 Å². The number of hydrogen-bond donors (Lipinski definition) is 1. The Balaban J connectivity index is 1.61. The predicted octanol–water partition coefficient (Wildman–Crippen LogP) is 3.24. The van der Waals surface area contributed by atoms with Gasteiger partial charge in [-0.05, 0) is 36.6 Å². The first-order valence-electron chi connectivity index (χ1n) is 8.45. The highest BCUT2D eigenvalue weighted by molar-refractivity contribution is 5.80. The van der Waals surface area contributed by atoms with Crippen molar-refractivity contribution in [3.05, 3.63) is 55.1 Å². The molecule has 3 rings (SSSR count). The van der Waals surface area contributed by atoms with E-state index in [1.807, 2.05) is 59.7 Å². The molecule has 0 fully saturated rings. The van der Waals surface area contributed by atoms with E-state index in [0.29, 0.717) is 19.0 Å². The zero-order chi connectivity index (χ0) is 16.9. The molecule has 5 heteroatoms. The number of nitrogens with one attached hydrogen (secondary N) is 1. The van der Waals surface area contributed by atoms with Gasteiger partial charge in [0.05, 0.1) is 17.4 Å². The van der Waals surface area contributed by atoms with Crippen LogP contribution >= 0.6 is 0 Å². The predicted molar refractivity (Wildman–Crippen MR) is 95.7 cm³/mol. The highest BCUT2D eigenvalue weighted by atomic mass is 16.2. The highest BCUT2D eigenvalue weighted by Crippen LogP contribution is 2.18. The molecule has 0 radical (unpaired) electrons. The SMILES string of the molecule is CC(C)C[C@H](C(=O)NCCn1cnc2ccccc21)n1cccc1. The minimum atomic E-state index is -0.153. The van der Waals surface area contributed by atoms with E-state index in [2.05, 4.69) is 28.7 Å². The second-order valence-electron chi connectivity index (χ2n) is 6.49. The molecule has 24 heavy (non-hydrogen) atoms. The highest BCUT2D eigenvalue weighted by Gasteiger charge is 2.20. The summed E-state index contributed by atoms with van der Waals surface area (Å²) in [6.07, 6.45) is 6.56. The molecule has 0 spiro atoms. The average Bonchev–Trinajstić information content (AvgIpc) is 3.22. The summed E-state index contributed by atoms with van der Waals surface area (Å²) in [7, 11) is 0. The zero-order valence-electron chi connectivity index (χ0n) is 14.2. The lowest BCUT2D eigenvalue weighted by Crippen LogP contribution is -2.34. The number of nitrogens with zero attached hydrogens (tertiary/aromatic N) is 3. The maximum Gasteiger partial charge on any atom is 0.243 e. The summed E-state index contributed by atoms with van der Waals surface area (Å²) < 4.78 is 4.06. The summed E-state index contributed by atoms with van der Waals surface area (Å²) in [6.45, 7) is 5.59. The molecule has 0 aliphatic heterocycles. The van der Waals surface area contributed by atoms with Gasteiger partial charge >= 0.3 is 0 Å². The van der Waals surface area contributed by atoms with E-state index in [9.17, 15) is 4.79 Å². The Kier molecular flexibility index (Phi) is 4.99. The molecule has 0 unspecified atom stereocenters. The van der Waals surface area contributed by atoms with Gasteiger partial charge in [-0.3, -0.25) is 4.79 Å². The Bertz CT molecular complexity index is 789. The van der Waals surface area contributed by atoms with Crippen molar-refractivity contribution >= 4 is 16.9 Å². The Hall–Kier alpha value is -2.56. The molecule has 126 valence electrons. The van der Waals surface area contributed by atoms with E-state index in [1.54, 1.807) is 0 Å². The standard InChI is InChI=1S/C19H24N4O/c1-15(2)13-18(22-10-5-6-11-22)19(24)20-9-12-23-14-21-16-7-3-4-8-17(16)23/h3-8,10-11,14-15,18H,9,12-13H2,1-2H3,(H,20,24)/t18-/m1/s1. The Morgan fingerprint density at radius 1 is 1.17 bits per heavy atom. The van der Waals surface area contributed by atoms with Gasteiger partial charge < -0.3 is 14.5 Å². The Labute approximate surface area is 142 Å². The van der Waals surface area contributed by atoms with Crippen LogP contribution in [0.2, 0.25) is 0 Å². The lowest BCUT2D eigenvalue weighted by atomic mass is 10.0. The lowest BCUT2D eigenvalue weighted by molar-refractivity contribution is -0.124. The minimum absolute atomic E-state index is 0.0734. The van der Waals surface area contributed by atoms with Crippen molar-refractivity contribution in [3.8, 4) is 0 Å². The summed E-state index contributed by atoms with van der Waals surface area (Å²) in [5, 5.41) is 3.07. The van der Waals surface area contributed by atoms with Gasteiger partial charge in [0.1, 0.15) is 6.04 Å². The second-order valence-corrected chi connectivity index (χ2v) is 6.49. The maximum absolute atomic E-state index is 12.6. The van der Waals surface area contributed by atoms with Crippen LogP contribution in [0.4, 0.5) is 0 Å². The third kappa shape index (κ3) is 3.67. The van der Waals surface area contributed by atoms with Crippen LogP contribution in [0.3, 0.4) is 0 Å². The molecule has 2 aromatic heterocycles. The van der Waals surface area contributed by atoms with Crippen molar-refractivity contribution in [2.24, 2.45) is 5.92 Å². The Morgan fingerprint density at radius 3 is 2.67 bits per heavy atom. The van der Waals surface area contributed by atoms with Gasteiger partial charge in [0, 0.05) is 25.5 Å². The molecule has 0 bridgehead atoms. The van der Waals surface area contributed by atoms with Crippen LogP contribution in [0.15, 0.2) is 55.1 Å². The number of fused-ring (bicyclic) bond motifs is 1. The van der Waals surface area contributed by atoms with Crippen molar-refractivity contribution in [1.82, 2.24) is 19.4 Å². The van der Waals surface area contributed by atoms with E-state index in [1.165, 1.54) is 0 Å². The van der Waals surface area contributed by atoms with Gasteiger partial charge in [-0.15, -0.1) is 0 Å². The smallest absolute Gasteiger partial charge is 0.243 e. The number of amides is 1. The molecular formula is C19H24N4O. The number of rotatable bonds is 7. The van der Waals surface area contributed by atoms with E-state index in [4.69, 9.17) is 0 Å². The number of carbonyl (C=O) groups is 1. The van der Waals surface area contributed by atoms with Crippen molar-refractivity contribution in [1.29, 1.82) is 0 Å². The van der Waals surface area contributed by atoms with Gasteiger partial charge in [0.25, 0.3) is 0 Å². The van der Waals surface area contributed by atoms with Gasteiger partial charge in [0.2, 0.25) is 5.91 Å². The summed E-state index contributed by atoms with van der Waals surface area (Å²) >= 11 is 0. The number of benzene rings is 1. The van der Waals surface area contributed by atoms with E-state index in [-0.39, 0.29) is 11.9 Å². The second kappa shape index (κ2) is 7.34. The number of aromatic nitrogens is 3. The summed E-state index contributed by atoms with van der Waals surface area (Å²) in [5.41, 5.74) is 2.07. The van der Waals surface area contributed by atoms with E-state index >= 15 is 0 Å². The largest absolute Gasteiger partial charge is 0.353 e. The van der Waals surface area contributed by atoms with Gasteiger partial charge in [0.15, 0.2) is 0 Å². The normalized spacial score (nSPS) is 12.6. The van der Waals surface area contributed by atoms with Crippen LogP contribution in [0.5, 0.6) is 0 Å². The quantitative estimate of drug-likeness (QED) is 0.725. The van der Waals surface area contributed by atoms with Crippen molar-refractivity contribution in [3.63, 3.8) is 0 Å². The molecule has 1 N–H and O–H groups in total. The van der Waals surface area contributed by atoms with Crippen LogP contribution in [0, 0.1) is 5.92 Å². The van der Waals surface area contributed by atoms with Crippen molar-refractivity contribution in [2.45, 2.75) is 32.9 Å². The molecule has 0 aliphatic carbocycles. The molecule has 0 aliphatic rings. The molecular weight excluding hydrogens is 300 g/mol. The van der Waals surface area contributed by atoms with E-state index < -0.39 is 0 Å². The fourth-order valence-corrected chi connectivity index (χ4v) is 2.97. The molecule has 3 aromatic rings.